The van der Waals surface area contributed by atoms with Crippen molar-refractivity contribution in [1.29, 1.82) is 0 Å². The fraction of sp³-hybridized carbons (Fsp3) is 0.542. The lowest BCUT2D eigenvalue weighted by Crippen LogP contribution is -2.47. The van der Waals surface area contributed by atoms with Gasteiger partial charge in [-0.3, -0.25) is 0 Å². The Labute approximate surface area is 161 Å². The van der Waals surface area contributed by atoms with Gasteiger partial charge in [-0.25, -0.2) is 4.57 Å². The van der Waals surface area contributed by atoms with Crippen LogP contribution in [0.3, 0.4) is 0 Å². The van der Waals surface area contributed by atoms with Gasteiger partial charge in [-0.15, -0.1) is 0 Å². The lowest BCUT2D eigenvalue weighted by molar-refractivity contribution is -0.659. The minimum atomic E-state index is -1.36. The Bertz CT molecular complexity index is 812. The zero-order valence-electron chi connectivity index (χ0n) is 17.9. The van der Waals surface area contributed by atoms with Crippen molar-refractivity contribution in [2.75, 3.05) is 0 Å². The molecule has 140 valence electrons. The van der Waals surface area contributed by atoms with E-state index in [0.717, 1.165) is 0 Å². The van der Waals surface area contributed by atoms with E-state index >= 15 is 0 Å². The highest BCUT2D eigenvalue weighted by atomic mass is 28.3. The molecule has 0 N–H and O–H groups in total. The summed E-state index contributed by atoms with van der Waals surface area (Å²) >= 11 is 0. The number of pyridine rings is 1. The number of benzene rings is 1. The number of aromatic nitrogens is 1. The van der Waals surface area contributed by atoms with E-state index in [1.54, 1.807) is 21.9 Å². The van der Waals surface area contributed by atoms with Crippen molar-refractivity contribution in [1.82, 2.24) is 0 Å². The van der Waals surface area contributed by atoms with Crippen molar-refractivity contribution in [3.8, 4) is 11.3 Å². The van der Waals surface area contributed by atoms with Gasteiger partial charge in [-0.2, -0.15) is 0 Å². The summed E-state index contributed by atoms with van der Waals surface area (Å²) < 4.78 is 2.41. The van der Waals surface area contributed by atoms with Gasteiger partial charge < -0.3 is 0 Å². The lowest BCUT2D eigenvalue weighted by atomic mass is 9.84. The molecule has 0 spiro atoms. The normalized spacial score (nSPS) is 14.6. The summed E-state index contributed by atoms with van der Waals surface area (Å²) in [6.45, 7) is 14.4. The molecule has 1 aromatic carbocycles. The molecule has 2 aromatic rings. The minimum Gasteiger partial charge on any atom is -0.201 e. The first kappa shape index (κ1) is 19.4. The molecule has 0 fully saturated rings. The zero-order chi connectivity index (χ0) is 19.1. The van der Waals surface area contributed by atoms with Gasteiger partial charge in [-0.05, 0) is 67.2 Å². The third kappa shape index (κ3) is 3.81. The summed E-state index contributed by atoms with van der Waals surface area (Å²) in [5.74, 6) is 0.691. The van der Waals surface area contributed by atoms with Crippen LogP contribution in [0.15, 0.2) is 24.4 Å². The molecule has 1 aliphatic carbocycles. The van der Waals surface area contributed by atoms with Crippen LogP contribution in [0, 0.1) is 12.8 Å². The van der Waals surface area contributed by atoms with Gasteiger partial charge in [0.05, 0.1) is 13.6 Å². The summed E-state index contributed by atoms with van der Waals surface area (Å²) in [5.41, 5.74) is 9.13. The van der Waals surface area contributed by atoms with Gasteiger partial charge in [0, 0.05) is 11.3 Å². The molecule has 0 amide bonds. The highest BCUT2D eigenvalue weighted by Crippen LogP contribution is 2.33. The summed E-state index contributed by atoms with van der Waals surface area (Å²) in [6, 6.07) is 7.25. The number of fused-ring (bicyclic) bond motifs is 1. The smallest absolute Gasteiger partial charge is 0.201 e. The summed E-state index contributed by atoms with van der Waals surface area (Å²) in [4.78, 5) is 0. The van der Waals surface area contributed by atoms with E-state index in [-0.39, 0.29) is 0 Å². The van der Waals surface area contributed by atoms with Crippen LogP contribution >= 0.6 is 0 Å². The van der Waals surface area contributed by atoms with Crippen LogP contribution in [0.1, 0.15) is 48.9 Å². The molecule has 0 unspecified atom stereocenters. The second-order valence-corrected chi connectivity index (χ2v) is 14.7. The molecule has 1 aromatic heterocycles. The molecule has 1 nitrogen and oxygen atoms in total. The standard InChI is InChI=1S/C24H36NSi/c1-17(2)14-20-15-22(25(4)16-23(20)26(5,6)7)24-18(3)12-13-19-10-8-9-11-21(19)24/h12-13,15-17H,8-11,14H2,1-7H3/q+1. The van der Waals surface area contributed by atoms with Crippen LogP contribution in [0.2, 0.25) is 19.6 Å². The van der Waals surface area contributed by atoms with Gasteiger partial charge in [0.2, 0.25) is 5.69 Å². The van der Waals surface area contributed by atoms with E-state index < -0.39 is 8.07 Å². The van der Waals surface area contributed by atoms with Crippen LogP contribution < -0.4 is 9.75 Å². The van der Waals surface area contributed by atoms with Crippen LogP contribution in [0.25, 0.3) is 11.3 Å². The van der Waals surface area contributed by atoms with Crippen LogP contribution in [-0.4, -0.2) is 8.07 Å². The quantitative estimate of drug-likeness (QED) is 0.523. The van der Waals surface area contributed by atoms with Gasteiger partial charge in [0.1, 0.15) is 7.05 Å². The van der Waals surface area contributed by atoms with Crippen molar-refractivity contribution >= 4 is 13.3 Å². The Hall–Kier alpha value is -1.41. The maximum Gasteiger partial charge on any atom is 0.213 e. The summed E-state index contributed by atoms with van der Waals surface area (Å²) in [7, 11) is 0.887. The molecule has 0 saturated heterocycles. The van der Waals surface area contributed by atoms with Crippen LogP contribution in [0.5, 0.6) is 0 Å². The van der Waals surface area contributed by atoms with Crippen molar-refractivity contribution in [2.45, 2.75) is 72.5 Å². The zero-order valence-corrected chi connectivity index (χ0v) is 18.9. The first-order valence-electron chi connectivity index (χ1n) is 10.3. The minimum absolute atomic E-state index is 0.691. The average Bonchev–Trinajstić information content (AvgIpc) is 2.55. The predicted octanol–water partition coefficient (Wildman–Crippen LogP) is 5.11. The van der Waals surface area contributed by atoms with E-state index in [0.29, 0.717) is 5.92 Å². The molecule has 0 bridgehead atoms. The molecule has 1 aliphatic rings. The highest BCUT2D eigenvalue weighted by Gasteiger charge is 2.28. The first-order valence-corrected chi connectivity index (χ1v) is 13.8. The van der Waals surface area contributed by atoms with E-state index in [1.807, 2.05) is 0 Å². The molecule has 1 heterocycles. The maximum absolute atomic E-state index is 2.53. The maximum atomic E-state index is 2.53. The van der Waals surface area contributed by atoms with Crippen molar-refractivity contribution in [3.05, 3.63) is 46.6 Å². The Morgan fingerprint density at radius 1 is 1.08 bits per heavy atom. The predicted molar refractivity (Wildman–Crippen MR) is 116 cm³/mol. The van der Waals surface area contributed by atoms with Crippen molar-refractivity contribution in [2.24, 2.45) is 13.0 Å². The third-order valence-electron chi connectivity index (χ3n) is 5.79. The van der Waals surface area contributed by atoms with E-state index in [9.17, 15) is 0 Å². The number of hydrogen-bond donors (Lipinski definition) is 0. The fourth-order valence-electron chi connectivity index (χ4n) is 4.52. The topological polar surface area (TPSA) is 3.88 Å². The largest absolute Gasteiger partial charge is 0.213 e. The Kier molecular flexibility index (Phi) is 5.44. The molecule has 0 atom stereocenters. The van der Waals surface area contributed by atoms with Crippen molar-refractivity contribution in [3.63, 3.8) is 0 Å². The van der Waals surface area contributed by atoms with Gasteiger partial charge >= 0.3 is 0 Å². The molecule has 0 saturated carbocycles. The van der Waals surface area contributed by atoms with E-state index in [4.69, 9.17) is 0 Å². The van der Waals surface area contributed by atoms with E-state index in [2.05, 4.69) is 76.4 Å². The van der Waals surface area contributed by atoms with Crippen LogP contribution in [-0.2, 0) is 26.3 Å². The first-order chi connectivity index (χ1) is 12.2. The average molecular weight is 367 g/mol. The monoisotopic (exact) mass is 366 g/mol. The molecular weight excluding hydrogens is 330 g/mol. The van der Waals surface area contributed by atoms with Gasteiger partial charge in [0.15, 0.2) is 6.20 Å². The van der Waals surface area contributed by atoms with Crippen molar-refractivity contribution < 1.29 is 4.57 Å². The molecule has 26 heavy (non-hydrogen) atoms. The Morgan fingerprint density at radius 3 is 2.42 bits per heavy atom. The SMILES string of the molecule is Cc1ccc2c(c1-c1cc(CC(C)C)c([Si](C)(C)C)c[n+]1C)CCCC2. The Morgan fingerprint density at radius 2 is 1.77 bits per heavy atom. The Balaban J connectivity index is 2.24. The number of hydrogen-bond acceptors (Lipinski definition) is 0. The van der Waals surface area contributed by atoms with Gasteiger partial charge in [-0.1, -0.05) is 45.6 Å². The number of rotatable bonds is 4. The lowest BCUT2D eigenvalue weighted by Gasteiger charge is -2.23. The molecule has 0 aliphatic heterocycles. The summed E-state index contributed by atoms with van der Waals surface area (Å²) in [6.07, 6.45) is 8.80. The number of nitrogens with zero attached hydrogens (tertiary/aromatic N) is 1. The van der Waals surface area contributed by atoms with Gasteiger partial charge in [0.25, 0.3) is 0 Å². The number of aryl methyl sites for hydroxylation is 3. The fourth-order valence-corrected chi connectivity index (χ4v) is 6.24. The summed E-state index contributed by atoms with van der Waals surface area (Å²) in [5, 5.41) is 1.62. The second kappa shape index (κ2) is 7.30. The molecular formula is C24H36NSi+. The third-order valence-corrected chi connectivity index (χ3v) is 7.86. The van der Waals surface area contributed by atoms with Crippen LogP contribution in [0.4, 0.5) is 0 Å². The molecule has 3 rings (SSSR count). The second-order valence-electron chi connectivity index (χ2n) is 9.66. The molecule has 2 heteroatoms. The van der Waals surface area contributed by atoms with E-state index in [1.165, 1.54) is 48.9 Å². The molecule has 0 radical (unpaired) electrons. The highest BCUT2D eigenvalue weighted by molar-refractivity contribution is 6.88.